The smallest absolute Gasteiger partial charge is 0.261 e. The van der Waals surface area contributed by atoms with Crippen molar-refractivity contribution < 1.29 is 13.9 Å². The molecule has 1 amide bonds. The van der Waals surface area contributed by atoms with Gasteiger partial charge in [-0.05, 0) is 40.7 Å². The lowest BCUT2D eigenvalue weighted by Crippen LogP contribution is -2.46. The molecule has 112 valence electrons. The summed E-state index contributed by atoms with van der Waals surface area (Å²) in [7, 11) is 0. The van der Waals surface area contributed by atoms with Crippen molar-refractivity contribution in [2.75, 3.05) is 0 Å². The summed E-state index contributed by atoms with van der Waals surface area (Å²) in [5, 5.41) is 2.81. The van der Waals surface area contributed by atoms with Gasteiger partial charge >= 0.3 is 0 Å². The molecule has 1 rings (SSSR count). The lowest BCUT2D eigenvalue weighted by Gasteiger charge is -2.24. The van der Waals surface area contributed by atoms with E-state index in [4.69, 9.17) is 10.5 Å². The zero-order valence-corrected chi connectivity index (χ0v) is 12.7. The second-order valence-corrected chi connectivity index (χ2v) is 5.97. The number of nitrogens with one attached hydrogen (secondary N) is 1. The maximum Gasteiger partial charge on any atom is 0.261 e. The van der Waals surface area contributed by atoms with Crippen molar-refractivity contribution in [2.45, 2.75) is 52.3 Å². The number of hydrogen-bond donors (Lipinski definition) is 2. The van der Waals surface area contributed by atoms with Crippen LogP contribution in [0.15, 0.2) is 18.2 Å². The normalized spacial score (nSPS) is 14.6. The number of carbonyl (C=O) groups is 1. The number of carbonyl (C=O) groups excluding carboxylic acids is 1. The Morgan fingerprint density at radius 2 is 1.95 bits per heavy atom. The van der Waals surface area contributed by atoms with Gasteiger partial charge in [0.25, 0.3) is 5.91 Å². The minimum atomic E-state index is -0.728. The molecule has 4 nitrogen and oxygen atoms in total. The molecule has 0 saturated carbocycles. The second kappa shape index (κ2) is 6.22. The van der Waals surface area contributed by atoms with Gasteiger partial charge in [0, 0.05) is 23.2 Å². The number of ether oxygens (including phenoxy) is 1. The molecule has 5 heteroatoms. The van der Waals surface area contributed by atoms with Crippen LogP contribution in [0.4, 0.5) is 4.39 Å². The van der Waals surface area contributed by atoms with Crippen molar-refractivity contribution in [2.24, 2.45) is 5.73 Å². The van der Waals surface area contributed by atoms with Crippen LogP contribution in [0, 0.1) is 5.82 Å². The van der Waals surface area contributed by atoms with Crippen molar-refractivity contribution >= 4 is 5.91 Å². The van der Waals surface area contributed by atoms with Gasteiger partial charge in [0.1, 0.15) is 11.6 Å². The van der Waals surface area contributed by atoms with Crippen LogP contribution in [-0.2, 0) is 4.79 Å². The van der Waals surface area contributed by atoms with E-state index in [-0.39, 0.29) is 17.5 Å². The topological polar surface area (TPSA) is 64.3 Å². The minimum Gasteiger partial charge on any atom is -0.480 e. The highest BCUT2D eigenvalue weighted by molar-refractivity contribution is 5.81. The zero-order valence-electron chi connectivity index (χ0n) is 12.7. The van der Waals surface area contributed by atoms with Gasteiger partial charge in [-0.1, -0.05) is 6.07 Å². The van der Waals surface area contributed by atoms with Crippen LogP contribution in [0.3, 0.4) is 0 Å². The van der Waals surface area contributed by atoms with Crippen LogP contribution >= 0.6 is 0 Å². The van der Waals surface area contributed by atoms with E-state index in [2.05, 4.69) is 5.32 Å². The SMILES string of the molecule is CC(Oc1cc(F)ccc1C(C)N)C(=O)NC(C)(C)C. The highest BCUT2D eigenvalue weighted by Gasteiger charge is 2.22. The lowest BCUT2D eigenvalue weighted by molar-refractivity contribution is -0.128. The monoisotopic (exact) mass is 282 g/mol. The maximum atomic E-state index is 13.3. The Morgan fingerprint density at radius 1 is 1.35 bits per heavy atom. The predicted octanol–water partition coefficient (Wildman–Crippen LogP) is 2.53. The van der Waals surface area contributed by atoms with Gasteiger partial charge in [-0.3, -0.25) is 4.79 Å². The minimum absolute atomic E-state index is 0.252. The molecule has 0 saturated heterocycles. The maximum absolute atomic E-state index is 13.3. The number of hydrogen-bond acceptors (Lipinski definition) is 3. The van der Waals surface area contributed by atoms with Gasteiger partial charge < -0.3 is 15.8 Å². The molecule has 0 aliphatic carbocycles. The molecule has 0 fully saturated rings. The van der Waals surface area contributed by atoms with E-state index >= 15 is 0 Å². The molecule has 0 heterocycles. The van der Waals surface area contributed by atoms with Crippen LogP contribution in [-0.4, -0.2) is 17.6 Å². The van der Waals surface area contributed by atoms with Gasteiger partial charge in [-0.2, -0.15) is 0 Å². The fraction of sp³-hybridized carbons (Fsp3) is 0.533. The molecule has 0 aliphatic rings. The van der Waals surface area contributed by atoms with E-state index in [9.17, 15) is 9.18 Å². The third kappa shape index (κ3) is 4.81. The van der Waals surface area contributed by atoms with Crippen LogP contribution < -0.4 is 15.8 Å². The van der Waals surface area contributed by atoms with Gasteiger partial charge in [-0.15, -0.1) is 0 Å². The molecular weight excluding hydrogens is 259 g/mol. The predicted molar refractivity (Wildman–Crippen MR) is 77.0 cm³/mol. The first-order chi connectivity index (χ1) is 9.10. The average molecular weight is 282 g/mol. The van der Waals surface area contributed by atoms with E-state index in [1.54, 1.807) is 19.9 Å². The van der Waals surface area contributed by atoms with E-state index < -0.39 is 11.9 Å². The fourth-order valence-corrected chi connectivity index (χ4v) is 1.70. The van der Waals surface area contributed by atoms with Crippen molar-refractivity contribution in [1.29, 1.82) is 0 Å². The van der Waals surface area contributed by atoms with Crippen molar-refractivity contribution in [3.05, 3.63) is 29.6 Å². The molecule has 3 N–H and O–H groups in total. The number of nitrogens with two attached hydrogens (primary N) is 1. The Morgan fingerprint density at radius 3 is 2.45 bits per heavy atom. The summed E-state index contributed by atoms with van der Waals surface area (Å²) in [6.45, 7) is 9.05. The molecule has 0 bridgehead atoms. The molecule has 1 aromatic carbocycles. The summed E-state index contributed by atoms with van der Waals surface area (Å²) in [5.74, 6) is -0.373. The first-order valence-electron chi connectivity index (χ1n) is 6.64. The Bertz CT molecular complexity index is 481. The molecule has 0 radical (unpaired) electrons. The fourth-order valence-electron chi connectivity index (χ4n) is 1.70. The number of rotatable bonds is 4. The van der Waals surface area contributed by atoms with E-state index in [0.717, 1.165) is 0 Å². The summed E-state index contributed by atoms with van der Waals surface area (Å²) in [6, 6.07) is 3.85. The van der Waals surface area contributed by atoms with Crippen LogP contribution in [0.25, 0.3) is 0 Å². The van der Waals surface area contributed by atoms with Crippen LogP contribution in [0.1, 0.15) is 46.2 Å². The summed E-state index contributed by atoms with van der Waals surface area (Å²) in [5.41, 5.74) is 6.14. The Labute approximate surface area is 119 Å². The van der Waals surface area contributed by atoms with Crippen molar-refractivity contribution in [3.8, 4) is 5.75 Å². The summed E-state index contributed by atoms with van der Waals surface area (Å²) in [4.78, 5) is 12.0. The average Bonchev–Trinajstić information content (AvgIpc) is 2.26. The first kappa shape index (κ1) is 16.4. The van der Waals surface area contributed by atoms with E-state index in [1.807, 2.05) is 20.8 Å². The van der Waals surface area contributed by atoms with Gasteiger partial charge in [0.2, 0.25) is 0 Å². The highest BCUT2D eigenvalue weighted by atomic mass is 19.1. The standard InChI is InChI=1S/C15H23FN2O2/c1-9(17)12-7-6-11(16)8-13(12)20-10(2)14(19)18-15(3,4)5/h6-10H,17H2,1-5H3,(H,18,19). The van der Waals surface area contributed by atoms with Crippen LogP contribution in [0.5, 0.6) is 5.75 Å². The number of benzene rings is 1. The van der Waals surface area contributed by atoms with E-state index in [0.29, 0.717) is 11.3 Å². The highest BCUT2D eigenvalue weighted by Crippen LogP contribution is 2.25. The third-order valence-corrected chi connectivity index (χ3v) is 2.64. The van der Waals surface area contributed by atoms with Crippen LogP contribution in [0.2, 0.25) is 0 Å². The second-order valence-electron chi connectivity index (χ2n) is 5.97. The molecule has 0 aromatic heterocycles. The van der Waals surface area contributed by atoms with Crippen molar-refractivity contribution in [3.63, 3.8) is 0 Å². The van der Waals surface area contributed by atoms with Gasteiger partial charge in [0.05, 0.1) is 0 Å². The molecule has 2 unspecified atom stereocenters. The van der Waals surface area contributed by atoms with Crippen molar-refractivity contribution in [1.82, 2.24) is 5.32 Å². The summed E-state index contributed by atoms with van der Waals surface area (Å²) >= 11 is 0. The number of amides is 1. The third-order valence-electron chi connectivity index (χ3n) is 2.64. The molecular formula is C15H23FN2O2. The quantitative estimate of drug-likeness (QED) is 0.892. The molecule has 20 heavy (non-hydrogen) atoms. The molecule has 0 aliphatic heterocycles. The summed E-state index contributed by atoms with van der Waals surface area (Å²) < 4.78 is 18.9. The van der Waals surface area contributed by atoms with Gasteiger partial charge in [0.15, 0.2) is 6.10 Å². The number of halogens is 1. The largest absolute Gasteiger partial charge is 0.480 e. The molecule has 1 aromatic rings. The van der Waals surface area contributed by atoms with Gasteiger partial charge in [-0.25, -0.2) is 4.39 Å². The first-order valence-corrected chi connectivity index (χ1v) is 6.64. The summed E-state index contributed by atoms with van der Waals surface area (Å²) in [6.07, 6.45) is -0.728. The Balaban J connectivity index is 2.87. The Kier molecular flexibility index (Phi) is 5.11. The zero-order chi connectivity index (χ0) is 15.5. The molecule has 2 atom stereocenters. The molecule has 0 spiro atoms. The van der Waals surface area contributed by atoms with E-state index in [1.165, 1.54) is 12.1 Å². The lowest BCUT2D eigenvalue weighted by atomic mass is 10.1. The Hall–Kier alpha value is -1.62.